The van der Waals surface area contributed by atoms with Crippen LogP contribution in [0.5, 0.6) is 0 Å². The fourth-order valence-electron chi connectivity index (χ4n) is 4.06. The van der Waals surface area contributed by atoms with Crippen molar-refractivity contribution in [3.63, 3.8) is 0 Å². The molecular weight excluding hydrogens is 426 g/mol. The van der Waals surface area contributed by atoms with E-state index in [-0.39, 0.29) is 5.57 Å². The van der Waals surface area contributed by atoms with E-state index in [0.29, 0.717) is 36.3 Å². The Morgan fingerprint density at radius 2 is 2.00 bits per heavy atom. The van der Waals surface area contributed by atoms with Gasteiger partial charge in [-0.25, -0.2) is 9.59 Å². The van der Waals surface area contributed by atoms with E-state index in [1.165, 1.54) is 13.3 Å². The maximum Gasteiger partial charge on any atom is 0.408 e. The van der Waals surface area contributed by atoms with Crippen LogP contribution in [0, 0.1) is 11.3 Å². The Kier molecular flexibility index (Phi) is 6.38. The van der Waals surface area contributed by atoms with Crippen molar-refractivity contribution in [1.82, 2.24) is 20.5 Å². The third kappa shape index (κ3) is 4.93. The number of nitriles is 1. The molecule has 0 aromatic carbocycles. The van der Waals surface area contributed by atoms with Crippen molar-refractivity contribution in [2.75, 3.05) is 20.2 Å². The zero-order chi connectivity index (χ0) is 24.4. The van der Waals surface area contributed by atoms with Crippen LogP contribution in [0.1, 0.15) is 39.7 Å². The van der Waals surface area contributed by atoms with Crippen LogP contribution in [-0.4, -0.2) is 64.1 Å². The summed E-state index contributed by atoms with van der Waals surface area (Å²) in [6.45, 7) is 7.99. The summed E-state index contributed by atoms with van der Waals surface area (Å²) < 4.78 is 11.0. The molecule has 10 heteroatoms. The lowest BCUT2D eigenvalue weighted by Gasteiger charge is -2.38. The molecule has 33 heavy (non-hydrogen) atoms. The number of hydrogen-bond acceptors (Lipinski definition) is 8. The highest BCUT2D eigenvalue weighted by Crippen LogP contribution is 2.40. The molecule has 1 unspecified atom stereocenters. The van der Waals surface area contributed by atoms with E-state index in [4.69, 9.17) is 9.47 Å². The van der Waals surface area contributed by atoms with Gasteiger partial charge in [0.25, 0.3) is 5.72 Å². The molecule has 0 bridgehead atoms. The molecule has 1 saturated heterocycles. The number of aliphatic carboxylic acids is 1. The molecule has 0 saturated carbocycles. The highest BCUT2D eigenvalue weighted by Gasteiger charge is 2.46. The molecule has 2 atom stereocenters. The largest absolute Gasteiger partial charge is 0.478 e. The van der Waals surface area contributed by atoms with Crippen LogP contribution in [0.3, 0.4) is 0 Å². The van der Waals surface area contributed by atoms with Gasteiger partial charge in [-0.2, -0.15) is 5.26 Å². The number of aromatic nitrogens is 1. The smallest absolute Gasteiger partial charge is 0.408 e. The second-order valence-electron chi connectivity index (χ2n) is 9.32. The molecule has 1 aromatic heterocycles. The molecule has 1 fully saturated rings. The molecule has 1 amide bonds. The normalized spacial score (nSPS) is 25.1. The third-order valence-electron chi connectivity index (χ3n) is 5.52. The van der Waals surface area contributed by atoms with E-state index < -0.39 is 28.9 Å². The first-order chi connectivity index (χ1) is 15.4. The summed E-state index contributed by atoms with van der Waals surface area (Å²) in [5, 5.41) is 25.7. The molecule has 2 aliphatic heterocycles. The number of carbonyl (C=O) groups is 2. The second-order valence-corrected chi connectivity index (χ2v) is 9.32. The molecule has 3 rings (SSSR count). The molecule has 2 aliphatic rings. The Morgan fingerprint density at radius 3 is 2.55 bits per heavy atom. The number of carboxylic acid groups (broad SMARTS) is 1. The highest BCUT2D eigenvalue weighted by molar-refractivity contribution is 5.98. The monoisotopic (exact) mass is 455 g/mol. The fourth-order valence-corrected chi connectivity index (χ4v) is 4.06. The molecule has 3 heterocycles. The number of amides is 1. The van der Waals surface area contributed by atoms with Crippen molar-refractivity contribution < 1.29 is 24.2 Å². The minimum Gasteiger partial charge on any atom is -0.478 e. The Labute approximate surface area is 192 Å². The van der Waals surface area contributed by atoms with Crippen molar-refractivity contribution >= 4 is 17.6 Å². The summed E-state index contributed by atoms with van der Waals surface area (Å²) in [5.41, 5.74) is -1.61. The van der Waals surface area contributed by atoms with Gasteiger partial charge < -0.3 is 30.1 Å². The second kappa shape index (κ2) is 8.75. The lowest BCUT2D eigenvalue weighted by Crippen LogP contribution is -2.51. The standard InChI is InChI=1S/C23H29N5O5/c1-21(2,3)33-20(31)27-22(4)8-11-28(14-22)18-16(19(29)30)12-26-23(13-24,32-5)17(18)15-6-9-25-10-7-15/h6-7,9-10,12,26H,8,11,14H2,1-5H3,(H,27,31)(H,29,30)/t22?,23-/m1/s1. The Bertz CT molecular complexity index is 1040. The summed E-state index contributed by atoms with van der Waals surface area (Å²) >= 11 is 0. The molecule has 0 spiro atoms. The van der Waals surface area contributed by atoms with Gasteiger partial charge in [-0.1, -0.05) is 0 Å². The highest BCUT2D eigenvalue weighted by atomic mass is 16.6. The minimum absolute atomic E-state index is 0.00810. The molecular formula is C23H29N5O5. The van der Waals surface area contributed by atoms with E-state index in [0.717, 1.165) is 0 Å². The van der Waals surface area contributed by atoms with Gasteiger partial charge in [0.15, 0.2) is 0 Å². The van der Waals surface area contributed by atoms with Gasteiger partial charge >= 0.3 is 12.1 Å². The summed E-state index contributed by atoms with van der Waals surface area (Å²) in [6.07, 6.45) is 4.42. The first kappa shape index (κ1) is 24.1. The van der Waals surface area contributed by atoms with Crippen molar-refractivity contribution in [2.24, 2.45) is 0 Å². The number of nitrogens with one attached hydrogen (secondary N) is 2. The lowest BCUT2D eigenvalue weighted by atomic mass is 9.88. The number of carboxylic acids is 1. The number of rotatable bonds is 5. The number of nitrogens with zero attached hydrogens (tertiary/aromatic N) is 3. The first-order valence-electron chi connectivity index (χ1n) is 10.5. The van der Waals surface area contributed by atoms with Gasteiger partial charge in [0.1, 0.15) is 11.7 Å². The maximum absolute atomic E-state index is 12.4. The van der Waals surface area contributed by atoms with Gasteiger partial charge in [0.2, 0.25) is 0 Å². The first-order valence-corrected chi connectivity index (χ1v) is 10.5. The lowest BCUT2D eigenvalue weighted by molar-refractivity contribution is -0.132. The van der Waals surface area contributed by atoms with Crippen LogP contribution in [0.25, 0.3) is 5.57 Å². The van der Waals surface area contributed by atoms with Crippen molar-refractivity contribution in [2.45, 2.75) is 51.0 Å². The SMILES string of the molecule is CO[C@@]1(C#N)NC=C(C(=O)O)C(N2CCC(C)(NC(=O)OC(C)(C)C)C2)=C1c1ccncc1. The molecule has 3 N–H and O–H groups in total. The van der Waals surface area contributed by atoms with Crippen molar-refractivity contribution in [3.05, 3.63) is 47.6 Å². The number of alkyl carbamates (subject to hydrolysis) is 1. The van der Waals surface area contributed by atoms with Crippen molar-refractivity contribution in [3.8, 4) is 6.07 Å². The summed E-state index contributed by atoms with van der Waals surface area (Å²) in [7, 11) is 1.38. The van der Waals surface area contributed by atoms with Crippen LogP contribution in [0.2, 0.25) is 0 Å². The number of methoxy groups -OCH3 is 1. The topological polar surface area (TPSA) is 137 Å². The zero-order valence-electron chi connectivity index (χ0n) is 19.4. The number of dihydropyridines is 1. The predicted molar refractivity (Wildman–Crippen MR) is 119 cm³/mol. The Balaban J connectivity index is 2.07. The third-order valence-corrected chi connectivity index (χ3v) is 5.52. The minimum atomic E-state index is -1.60. The van der Waals surface area contributed by atoms with E-state index in [9.17, 15) is 20.0 Å². The Morgan fingerprint density at radius 1 is 1.33 bits per heavy atom. The molecule has 0 radical (unpaired) electrons. The number of hydrogen-bond donors (Lipinski definition) is 3. The quantitative estimate of drug-likeness (QED) is 0.610. The predicted octanol–water partition coefficient (Wildman–Crippen LogP) is 2.22. The summed E-state index contributed by atoms with van der Waals surface area (Å²) in [5.74, 6) is -1.15. The number of ether oxygens (including phenoxy) is 2. The average molecular weight is 456 g/mol. The molecule has 10 nitrogen and oxygen atoms in total. The summed E-state index contributed by atoms with van der Waals surface area (Å²) in [4.78, 5) is 30.5. The van der Waals surface area contributed by atoms with Crippen LogP contribution < -0.4 is 10.6 Å². The van der Waals surface area contributed by atoms with E-state index in [1.54, 1.807) is 45.3 Å². The maximum atomic E-state index is 12.4. The molecule has 1 aromatic rings. The van der Waals surface area contributed by atoms with Crippen LogP contribution >= 0.6 is 0 Å². The summed E-state index contributed by atoms with van der Waals surface area (Å²) in [6, 6.07) is 5.53. The van der Waals surface area contributed by atoms with Crippen LogP contribution in [0.15, 0.2) is 42.0 Å². The van der Waals surface area contributed by atoms with Gasteiger partial charge in [-0.15, -0.1) is 0 Å². The fraction of sp³-hybridized carbons (Fsp3) is 0.478. The van der Waals surface area contributed by atoms with E-state index in [2.05, 4.69) is 21.7 Å². The van der Waals surface area contributed by atoms with E-state index >= 15 is 0 Å². The van der Waals surface area contributed by atoms with Gasteiger partial charge in [0.05, 0.1) is 22.4 Å². The zero-order valence-corrected chi connectivity index (χ0v) is 19.4. The van der Waals surface area contributed by atoms with Gasteiger partial charge in [-0.3, -0.25) is 4.98 Å². The van der Waals surface area contributed by atoms with Gasteiger partial charge in [-0.05, 0) is 51.8 Å². The van der Waals surface area contributed by atoms with E-state index in [1.807, 2.05) is 11.8 Å². The molecule has 176 valence electrons. The van der Waals surface area contributed by atoms with Crippen molar-refractivity contribution in [1.29, 1.82) is 5.26 Å². The van der Waals surface area contributed by atoms with Crippen LogP contribution in [0.4, 0.5) is 4.79 Å². The Hall–Kier alpha value is -3.58. The number of likely N-dealkylation sites (tertiary alicyclic amines) is 1. The number of pyridine rings is 1. The average Bonchev–Trinajstić information content (AvgIpc) is 3.12. The van der Waals surface area contributed by atoms with Crippen LogP contribution in [-0.2, 0) is 14.3 Å². The number of carbonyl (C=O) groups excluding carboxylic acids is 1. The molecule has 0 aliphatic carbocycles. The van der Waals surface area contributed by atoms with Gasteiger partial charge in [0, 0.05) is 38.8 Å².